The Kier molecular flexibility index (Phi) is 5.44. The Morgan fingerprint density at radius 2 is 1.92 bits per heavy atom. The van der Waals surface area contributed by atoms with E-state index < -0.39 is 27.4 Å². The van der Waals surface area contributed by atoms with Crippen molar-refractivity contribution in [3.8, 4) is 0 Å². The van der Waals surface area contributed by atoms with Gasteiger partial charge in [-0.3, -0.25) is 0 Å². The summed E-state index contributed by atoms with van der Waals surface area (Å²) in [6, 6.07) is 0.502. The molecular formula is C4H16O5Si3. The fourth-order valence-corrected chi connectivity index (χ4v) is 4.97. The lowest BCUT2D eigenvalue weighted by atomic mass is 11.0. The molecule has 0 rings (SSSR count). The van der Waals surface area contributed by atoms with Crippen molar-refractivity contribution < 1.29 is 22.6 Å². The molecule has 0 saturated heterocycles. The zero-order chi connectivity index (χ0) is 9.78. The average Bonchev–Trinajstić information content (AvgIpc) is 1.84. The molecule has 3 N–H and O–H groups in total. The van der Waals surface area contributed by atoms with Crippen LogP contribution in [0, 0.1) is 0 Å². The lowest BCUT2D eigenvalue weighted by Gasteiger charge is -2.22. The molecule has 3 atom stereocenters. The third-order valence-electron chi connectivity index (χ3n) is 1.32. The van der Waals surface area contributed by atoms with Gasteiger partial charge < -0.3 is 22.6 Å². The molecule has 0 saturated carbocycles. The quantitative estimate of drug-likeness (QED) is 0.508. The van der Waals surface area contributed by atoms with E-state index in [0.29, 0.717) is 6.04 Å². The summed E-state index contributed by atoms with van der Waals surface area (Å²) in [5.74, 6) is 0. The highest BCUT2D eigenvalue weighted by molar-refractivity contribution is 6.71. The molecular weight excluding hydrogens is 212 g/mol. The van der Waals surface area contributed by atoms with Crippen LogP contribution in [0.15, 0.2) is 0 Å². The highest BCUT2D eigenvalue weighted by Crippen LogP contribution is 2.07. The predicted molar refractivity (Wildman–Crippen MR) is 51.1 cm³/mol. The van der Waals surface area contributed by atoms with Gasteiger partial charge in [0.15, 0.2) is 0 Å². The van der Waals surface area contributed by atoms with Crippen LogP contribution in [0.2, 0.25) is 19.1 Å². The second-order valence-corrected chi connectivity index (χ2v) is 9.59. The summed E-state index contributed by atoms with van der Waals surface area (Å²) >= 11 is 0. The summed E-state index contributed by atoms with van der Waals surface area (Å²) < 4.78 is 9.67. The fraction of sp³-hybridized carbons (Fsp3) is 1.00. The first-order valence-corrected chi connectivity index (χ1v) is 9.95. The van der Waals surface area contributed by atoms with Crippen LogP contribution in [0.25, 0.3) is 0 Å². The molecule has 0 aromatic heterocycles. The molecule has 0 radical (unpaired) electrons. The van der Waals surface area contributed by atoms with Gasteiger partial charge in [0.2, 0.25) is 0 Å². The van der Waals surface area contributed by atoms with Gasteiger partial charge in [0, 0.05) is 0 Å². The minimum Gasteiger partial charge on any atom is -0.413 e. The average molecular weight is 228 g/mol. The van der Waals surface area contributed by atoms with E-state index in [1.54, 1.807) is 13.5 Å². The summed E-state index contributed by atoms with van der Waals surface area (Å²) in [6.45, 7) is 4.88. The minimum atomic E-state index is -2.78. The van der Waals surface area contributed by atoms with Crippen molar-refractivity contribution in [2.45, 2.75) is 26.1 Å². The zero-order valence-electron chi connectivity index (χ0n) is 7.52. The van der Waals surface area contributed by atoms with Crippen LogP contribution in [0.3, 0.4) is 0 Å². The van der Waals surface area contributed by atoms with Crippen molar-refractivity contribution in [2.24, 2.45) is 0 Å². The topological polar surface area (TPSA) is 79.2 Å². The maximum absolute atomic E-state index is 9.45. The Labute approximate surface area is 76.6 Å². The standard InChI is InChI=1S/C4H16O5Si3/c1-4-12(3,7)9-11(6)8-10(2)5/h5-7,10-11H,4H2,1-3H3. The third kappa shape index (κ3) is 6.02. The molecule has 8 heteroatoms. The first-order chi connectivity index (χ1) is 5.37. The predicted octanol–water partition coefficient (Wildman–Crippen LogP) is -1.34. The number of rotatable bonds is 5. The van der Waals surface area contributed by atoms with E-state index in [4.69, 9.17) is 17.8 Å². The van der Waals surface area contributed by atoms with E-state index in [-0.39, 0.29) is 0 Å². The van der Waals surface area contributed by atoms with E-state index in [0.717, 1.165) is 0 Å². The van der Waals surface area contributed by atoms with Gasteiger partial charge in [-0.15, -0.1) is 0 Å². The van der Waals surface area contributed by atoms with Crippen LogP contribution in [0.5, 0.6) is 0 Å². The van der Waals surface area contributed by atoms with Crippen molar-refractivity contribution in [1.82, 2.24) is 0 Å². The monoisotopic (exact) mass is 228 g/mol. The van der Waals surface area contributed by atoms with Crippen LogP contribution >= 0.6 is 0 Å². The molecule has 0 heterocycles. The van der Waals surface area contributed by atoms with Crippen molar-refractivity contribution in [3.63, 3.8) is 0 Å². The van der Waals surface area contributed by atoms with Crippen molar-refractivity contribution in [3.05, 3.63) is 0 Å². The largest absolute Gasteiger partial charge is 0.463 e. The van der Waals surface area contributed by atoms with Crippen LogP contribution in [0.1, 0.15) is 6.92 Å². The molecule has 0 bridgehead atoms. The highest BCUT2D eigenvalue weighted by atomic mass is 28.5. The summed E-state index contributed by atoms with van der Waals surface area (Å²) in [5.41, 5.74) is 0. The summed E-state index contributed by atoms with van der Waals surface area (Å²) in [5, 5.41) is 0. The third-order valence-corrected chi connectivity index (χ3v) is 7.98. The number of hydrogen-bond acceptors (Lipinski definition) is 5. The smallest absolute Gasteiger partial charge is 0.413 e. The Hall–Kier alpha value is 0.451. The molecule has 0 spiro atoms. The lowest BCUT2D eigenvalue weighted by molar-refractivity contribution is 0.242. The molecule has 5 nitrogen and oxygen atoms in total. The molecule has 74 valence electrons. The molecule has 0 aromatic rings. The van der Waals surface area contributed by atoms with Crippen molar-refractivity contribution in [2.75, 3.05) is 0 Å². The first kappa shape index (κ1) is 12.5. The van der Waals surface area contributed by atoms with Crippen LogP contribution < -0.4 is 0 Å². The van der Waals surface area contributed by atoms with E-state index in [1.807, 2.05) is 0 Å². The van der Waals surface area contributed by atoms with Crippen LogP contribution in [-0.4, -0.2) is 41.8 Å². The molecule has 0 aromatic carbocycles. The Morgan fingerprint density at radius 3 is 2.25 bits per heavy atom. The first-order valence-electron chi connectivity index (χ1n) is 3.79. The lowest BCUT2D eigenvalue weighted by Crippen LogP contribution is -2.43. The molecule has 0 amide bonds. The van der Waals surface area contributed by atoms with Gasteiger partial charge in [-0.2, -0.15) is 0 Å². The molecule has 3 unspecified atom stereocenters. The minimum absolute atomic E-state index is 0.502. The van der Waals surface area contributed by atoms with E-state index in [1.165, 1.54) is 6.55 Å². The molecule has 12 heavy (non-hydrogen) atoms. The SMILES string of the molecule is CC[Si](C)(O)O[SiH](O)O[SiH](C)O. The maximum atomic E-state index is 9.45. The van der Waals surface area contributed by atoms with Crippen molar-refractivity contribution in [1.29, 1.82) is 0 Å². The summed E-state index contributed by atoms with van der Waals surface area (Å²) in [4.78, 5) is 27.4. The van der Waals surface area contributed by atoms with Gasteiger partial charge in [-0.25, -0.2) is 0 Å². The Bertz CT molecular complexity index is 130. The Balaban J connectivity index is 3.75. The molecule has 0 fully saturated rings. The maximum Gasteiger partial charge on any atom is 0.463 e. The van der Waals surface area contributed by atoms with E-state index in [9.17, 15) is 4.80 Å². The van der Waals surface area contributed by atoms with Crippen molar-refractivity contribution >= 4 is 27.4 Å². The molecule has 0 aliphatic rings. The molecule has 0 aliphatic heterocycles. The summed E-state index contributed by atoms with van der Waals surface area (Å²) in [6.07, 6.45) is 0. The van der Waals surface area contributed by atoms with Gasteiger partial charge >= 0.3 is 27.4 Å². The summed E-state index contributed by atoms with van der Waals surface area (Å²) in [7, 11) is -7.72. The highest BCUT2D eigenvalue weighted by Gasteiger charge is 2.30. The van der Waals surface area contributed by atoms with Crippen LogP contribution in [-0.2, 0) is 8.23 Å². The van der Waals surface area contributed by atoms with Gasteiger partial charge in [0.25, 0.3) is 0 Å². The van der Waals surface area contributed by atoms with Gasteiger partial charge in [0.05, 0.1) is 0 Å². The van der Waals surface area contributed by atoms with E-state index in [2.05, 4.69) is 0 Å². The Morgan fingerprint density at radius 1 is 1.42 bits per heavy atom. The normalized spacial score (nSPS) is 21.5. The van der Waals surface area contributed by atoms with Gasteiger partial charge in [-0.1, -0.05) is 6.92 Å². The van der Waals surface area contributed by atoms with E-state index >= 15 is 0 Å². The van der Waals surface area contributed by atoms with Gasteiger partial charge in [0.1, 0.15) is 0 Å². The zero-order valence-corrected chi connectivity index (χ0v) is 10.8. The second kappa shape index (κ2) is 5.24. The van der Waals surface area contributed by atoms with Gasteiger partial charge in [-0.05, 0) is 19.1 Å². The fourth-order valence-electron chi connectivity index (χ4n) is 0.497. The molecule has 0 aliphatic carbocycles. The number of hydrogen-bond donors (Lipinski definition) is 3. The second-order valence-electron chi connectivity index (χ2n) is 2.69. The van der Waals surface area contributed by atoms with Crippen LogP contribution in [0.4, 0.5) is 0 Å².